The topological polar surface area (TPSA) is 92.9 Å². The maximum atomic E-state index is 12.2. The number of aryl methyl sites for hydroxylation is 1. The Morgan fingerprint density at radius 3 is 2.65 bits per heavy atom. The van der Waals surface area contributed by atoms with E-state index < -0.39 is 0 Å². The summed E-state index contributed by atoms with van der Waals surface area (Å²) in [5, 5.41) is 9.49. The first-order chi connectivity index (χ1) is 11.1. The van der Waals surface area contributed by atoms with Gasteiger partial charge in [0.15, 0.2) is 5.82 Å². The molecule has 1 amide bonds. The van der Waals surface area contributed by atoms with E-state index in [9.17, 15) is 4.79 Å². The lowest BCUT2D eigenvalue weighted by molar-refractivity contribution is 0.102. The highest BCUT2D eigenvalue weighted by molar-refractivity contribution is 9.10. The Hall–Kier alpha value is -2.74. The monoisotopic (exact) mass is 373 g/mol. The summed E-state index contributed by atoms with van der Waals surface area (Å²) >= 11 is 3.37. The summed E-state index contributed by atoms with van der Waals surface area (Å²) in [4.78, 5) is 20.4. The fourth-order valence-electron chi connectivity index (χ4n) is 1.82. The molecule has 0 aliphatic rings. The van der Waals surface area contributed by atoms with Gasteiger partial charge in [-0.3, -0.25) is 4.79 Å². The average molecular weight is 374 g/mol. The molecular weight excluding hydrogens is 362 g/mol. The molecule has 2 N–H and O–H groups in total. The Labute approximate surface area is 140 Å². The fourth-order valence-corrected chi connectivity index (χ4v) is 2.20. The summed E-state index contributed by atoms with van der Waals surface area (Å²) in [6.45, 7) is 1.79. The van der Waals surface area contributed by atoms with Crippen molar-refractivity contribution >= 4 is 39.2 Å². The van der Waals surface area contributed by atoms with Crippen molar-refractivity contribution in [1.82, 2.24) is 15.1 Å². The van der Waals surface area contributed by atoms with Crippen LogP contribution in [0.2, 0.25) is 0 Å². The number of amides is 1. The van der Waals surface area contributed by atoms with Crippen molar-refractivity contribution in [2.45, 2.75) is 6.92 Å². The van der Waals surface area contributed by atoms with Crippen LogP contribution in [-0.2, 0) is 0 Å². The van der Waals surface area contributed by atoms with Gasteiger partial charge in [-0.15, -0.1) is 0 Å². The van der Waals surface area contributed by atoms with Crippen molar-refractivity contribution in [3.63, 3.8) is 0 Å². The third kappa shape index (κ3) is 3.72. The maximum Gasteiger partial charge on any atom is 0.275 e. The van der Waals surface area contributed by atoms with E-state index in [0.717, 1.165) is 4.47 Å². The van der Waals surface area contributed by atoms with Gasteiger partial charge < -0.3 is 15.2 Å². The van der Waals surface area contributed by atoms with Gasteiger partial charge >= 0.3 is 0 Å². The Morgan fingerprint density at radius 2 is 2.00 bits per heavy atom. The van der Waals surface area contributed by atoms with E-state index in [2.05, 4.69) is 41.7 Å². The van der Waals surface area contributed by atoms with Crippen LogP contribution in [0.25, 0.3) is 0 Å². The number of anilines is 3. The van der Waals surface area contributed by atoms with E-state index in [4.69, 9.17) is 4.52 Å². The van der Waals surface area contributed by atoms with Crippen molar-refractivity contribution in [3.05, 3.63) is 58.7 Å². The van der Waals surface area contributed by atoms with Gasteiger partial charge in [0.1, 0.15) is 17.3 Å². The summed E-state index contributed by atoms with van der Waals surface area (Å²) in [6, 6.07) is 9.06. The van der Waals surface area contributed by atoms with Crippen LogP contribution in [0.3, 0.4) is 0 Å². The summed E-state index contributed by atoms with van der Waals surface area (Å²) in [5.41, 5.74) is 0.877. The summed E-state index contributed by atoms with van der Waals surface area (Å²) in [7, 11) is 0. The number of nitrogens with zero attached hydrogens (tertiary/aromatic N) is 3. The average Bonchev–Trinajstić information content (AvgIpc) is 2.95. The smallest absolute Gasteiger partial charge is 0.275 e. The van der Waals surface area contributed by atoms with Gasteiger partial charge in [0.2, 0.25) is 0 Å². The minimum absolute atomic E-state index is 0.211. The third-order valence-electron chi connectivity index (χ3n) is 2.89. The number of carbonyl (C=O) groups excluding carboxylic acids is 1. The number of carbonyl (C=O) groups is 1. The molecule has 8 heteroatoms. The molecule has 0 atom stereocenters. The minimum atomic E-state index is -0.340. The van der Waals surface area contributed by atoms with E-state index in [1.165, 1.54) is 12.4 Å². The van der Waals surface area contributed by atoms with E-state index >= 15 is 0 Å². The number of para-hydroxylation sites is 1. The lowest BCUT2D eigenvalue weighted by Gasteiger charge is -2.07. The zero-order valence-electron chi connectivity index (χ0n) is 12.1. The van der Waals surface area contributed by atoms with Crippen molar-refractivity contribution in [1.29, 1.82) is 0 Å². The van der Waals surface area contributed by atoms with Gasteiger partial charge in [-0.2, -0.15) is 0 Å². The number of halogens is 1. The molecule has 0 spiro atoms. The summed E-state index contributed by atoms with van der Waals surface area (Å²) in [6.07, 6.45) is 2.85. The fraction of sp³-hybridized carbons (Fsp3) is 0.0667. The van der Waals surface area contributed by atoms with Crippen LogP contribution in [0, 0.1) is 6.92 Å². The number of aromatic nitrogens is 3. The molecule has 3 rings (SSSR count). The number of nitrogens with one attached hydrogen (secondary N) is 2. The lowest BCUT2D eigenvalue weighted by Crippen LogP contribution is -2.14. The van der Waals surface area contributed by atoms with Gasteiger partial charge in [-0.25, -0.2) is 9.97 Å². The molecule has 0 unspecified atom stereocenters. The Morgan fingerprint density at radius 1 is 1.17 bits per heavy atom. The molecule has 2 aromatic heterocycles. The predicted molar refractivity (Wildman–Crippen MR) is 88.6 cm³/mol. The predicted octanol–water partition coefficient (Wildman–Crippen LogP) is 3.53. The normalized spacial score (nSPS) is 10.3. The van der Waals surface area contributed by atoms with Gasteiger partial charge in [-0.05, 0) is 35.0 Å². The van der Waals surface area contributed by atoms with Crippen molar-refractivity contribution in [2.75, 3.05) is 10.6 Å². The number of hydrogen-bond donors (Lipinski definition) is 2. The van der Waals surface area contributed by atoms with Crippen molar-refractivity contribution in [3.8, 4) is 0 Å². The zero-order chi connectivity index (χ0) is 16.2. The first-order valence-electron chi connectivity index (χ1n) is 6.70. The Balaban J connectivity index is 1.69. The van der Waals surface area contributed by atoms with Crippen LogP contribution >= 0.6 is 15.9 Å². The molecule has 0 bridgehead atoms. The summed E-state index contributed by atoms with van der Waals surface area (Å²) < 4.78 is 5.74. The Kier molecular flexibility index (Phi) is 4.33. The van der Waals surface area contributed by atoms with E-state index in [-0.39, 0.29) is 11.6 Å². The molecule has 0 fully saturated rings. The number of hydrogen-bond acceptors (Lipinski definition) is 6. The molecule has 0 saturated heterocycles. The molecule has 0 aliphatic heterocycles. The van der Waals surface area contributed by atoms with Crippen molar-refractivity contribution < 1.29 is 9.32 Å². The van der Waals surface area contributed by atoms with E-state index in [1.807, 2.05) is 18.2 Å². The van der Waals surface area contributed by atoms with Gasteiger partial charge in [0, 0.05) is 10.5 Å². The standard InChI is InChI=1S/C15H12BrN5O2/c1-9-6-13(21-23-9)20-14-8-17-12(7-18-14)15(22)19-11-5-3-2-4-10(11)16/h2-8H,1H3,(H,19,22)(H,18,20,21). The lowest BCUT2D eigenvalue weighted by atomic mass is 10.3. The SMILES string of the molecule is Cc1cc(Nc2cnc(C(=O)Nc3ccccc3Br)cn2)no1. The van der Waals surface area contributed by atoms with Crippen LogP contribution < -0.4 is 10.6 Å². The second-order valence-electron chi connectivity index (χ2n) is 4.67. The largest absolute Gasteiger partial charge is 0.360 e. The van der Waals surface area contributed by atoms with Crippen LogP contribution in [0.15, 0.2) is 51.7 Å². The quantitative estimate of drug-likeness (QED) is 0.726. The molecule has 0 saturated carbocycles. The van der Waals surface area contributed by atoms with Gasteiger partial charge in [-0.1, -0.05) is 17.3 Å². The van der Waals surface area contributed by atoms with E-state index in [1.54, 1.807) is 19.1 Å². The first-order valence-corrected chi connectivity index (χ1v) is 7.49. The molecule has 3 aromatic rings. The van der Waals surface area contributed by atoms with E-state index in [0.29, 0.717) is 23.1 Å². The highest BCUT2D eigenvalue weighted by Gasteiger charge is 2.10. The van der Waals surface area contributed by atoms with Crippen LogP contribution in [0.1, 0.15) is 16.2 Å². The van der Waals surface area contributed by atoms with Crippen molar-refractivity contribution in [2.24, 2.45) is 0 Å². The molecule has 2 heterocycles. The minimum Gasteiger partial charge on any atom is -0.360 e. The molecule has 23 heavy (non-hydrogen) atoms. The number of rotatable bonds is 4. The van der Waals surface area contributed by atoms with Gasteiger partial charge in [0.05, 0.1) is 18.1 Å². The molecule has 0 aliphatic carbocycles. The molecule has 116 valence electrons. The zero-order valence-corrected chi connectivity index (χ0v) is 13.7. The van der Waals surface area contributed by atoms with Crippen LogP contribution in [-0.4, -0.2) is 21.0 Å². The molecule has 1 aromatic carbocycles. The number of benzene rings is 1. The highest BCUT2D eigenvalue weighted by Crippen LogP contribution is 2.21. The first kappa shape index (κ1) is 15.2. The van der Waals surface area contributed by atoms with Crippen LogP contribution in [0.5, 0.6) is 0 Å². The highest BCUT2D eigenvalue weighted by atomic mass is 79.9. The van der Waals surface area contributed by atoms with Crippen LogP contribution in [0.4, 0.5) is 17.3 Å². The molecule has 7 nitrogen and oxygen atoms in total. The second-order valence-corrected chi connectivity index (χ2v) is 5.52. The third-order valence-corrected chi connectivity index (χ3v) is 3.58. The Bertz CT molecular complexity index is 832. The molecular formula is C15H12BrN5O2. The second kappa shape index (κ2) is 6.57. The maximum absolute atomic E-state index is 12.2. The summed E-state index contributed by atoms with van der Waals surface area (Å²) in [5.74, 6) is 1.34. The molecule has 0 radical (unpaired) electrons. The van der Waals surface area contributed by atoms with Gasteiger partial charge in [0.25, 0.3) is 5.91 Å².